The topological polar surface area (TPSA) is 65.1 Å². The monoisotopic (exact) mass is 469 g/mol. The Morgan fingerprint density at radius 1 is 1.14 bits per heavy atom. The van der Waals surface area contributed by atoms with Crippen LogP contribution in [0.5, 0.6) is 11.5 Å². The minimum atomic E-state index is -0.482. The van der Waals surface area contributed by atoms with Crippen LogP contribution in [0, 0.1) is 0 Å². The second kappa shape index (κ2) is 11.1. The zero-order valence-corrected chi connectivity index (χ0v) is 18.6. The van der Waals surface area contributed by atoms with Crippen LogP contribution >= 0.6 is 27.3 Å². The molecule has 8 heteroatoms. The average Bonchev–Trinajstić information content (AvgIpc) is 3.16. The molecule has 2 aromatic rings. The molecule has 0 N–H and O–H groups in total. The highest BCUT2D eigenvalue weighted by Gasteiger charge is 2.16. The summed E-state index contributed by atoms with van der Waals surface area (Å²) in [6.45, 7) is 4.96. The van der Waals surface area contributed by atoms with Crippen LogP contribution in [0.3, 0.4) is 0 Å². The molecule has 0 saturated heterocycles. The summed E-state index contributed by atoms with van der Waals surface area (Å²) in [5, 5.41) is 3.94. The Hall–Kier alpha value is -2.06. The fourth-order valence-electron chi connectivity index (χ4n) is 2.45. The number of nitrogens with zero attached hydrogens (tertiary/aromatic N) is 1. The molecule has 152 valence electrons. The summed E-state index contributed by atoms with van der Waals surface area (Å²) in [5.74, 6) is 0.449. The van der Waals surface area contributed by atoms with Gasteiger partial charge in [0.05, 0.1) is 19.6 Å². The first-order valence-electron chi connectivity index (χ1n) is 8.93. The Kier molecular flexibility index (Phi) is 8.79. The number of hydrogen-bond donors (Lipinski definition) is 0. The van der Waals surface area contributed by atoms with Crippen LogP contribution in [0.15, 0.2) is 33.4 Å². The minimum absolute atomic E-state index is 0.0224. The average molecular weight is 470 g/mol. The number of carbonyl (C=O) groups is 2. The van der Waals surface area contributed by atoms with Gasteiger partial charge in [-0.2, -0.15) is 11.3 Å². The second-order valence-electron chi connectivity index (χ2n) is 5.98. The Morgan fingerprint density at radius 2 is 1.82 bits per heavy atom. The predicted molar refractivity (Wildman–Crippen MR) is 112 cm³/mol. The molecule has 0 aliphatic heterocycles. The summed E-state index contributed by atoms with van der Waals surface area (Å²) in [7, 11) is 1.69. The first-order valence-corrected chi connectivity index (χ1v) is 10.7. The van der Waals surface area contributed by atoms with Crippen molar-refractivity contribution in [2.24, 2.45) is 0 Å². The third-order valence-electron chi connectivity index (χ3n) is 3.83. The zero-order valence-electron chi connectivity index (χ0n) is 16.2. The summed E-state index contributed by atoms with van der Waals surface area (Å²) in [5.41, 5.74) is 1.75. The highest BCUT2D eigenvalue weighted by Crippen LogP contribution is 2.34. The maximum absolute atomic E-state index is 12.2. The molecule has 2 rings (SSSR count). The molecule has 0 spiro atoms. The summed E-state index contributed by atoms with van der Waals surface area (Å²) in [6.07, 6.45) is 0.0224. The quantitative estimate of drug-likeness (QED) is 0.491. The number of amides is 1. The third-order valence-corrected chi connectivity index (χ3v) is 5.30. The molecule has 1 heterocycles. The van der Waals surface area contributed by atoms with Crippen molar-refractivity contribution in [3.8, 4) is 11.5 Å². The summed E-state index contributed by atoms with van der Waals surface area (Å²) in [6, 6.07) is 5.49. The molecule has 0 aliphatic rings. The van der Waals surface area contributed by atoms with Crippen molar-refractivity contribution in [3.63, 3.8) is 0 Å². The number of halogens is 1. The molecule has 6 nitrogen and oxygen atoms in total. The van der Waals surface area contributed by atoms with Crippen molar-refractivity contribution >= 4 is 39.1 Å². The van der Waals surface area contributed by atoms with Crippen LogP contribution in [0.1, 0.15) is 25.0 Å². The third kappa shape index (κ3) is 6.53. The largest absolute Gasteiger partial charge is 0.490 e. The molecule has 0 unspecified atom stereocenters. The van der Waals surface area contributed by atoms with Gasteiger partial charge in [-0.1, -0.05) is 15.9 Å². The molecule has 0 saturated carbocycles. The van der Waals surface area contributed by atoms with Crippen molar-refractivity contribution in [2.45, 2.75) is 26.8 Å². The van der Waals surface area contributed by atoms with Gasteiger partial charge in [0, 0.05) is 18.1 Å². The Balaban J connectivity index is 1.93. The number of hydrogen-bond acceptors (Lipinski definition) is 6. The van der Waals surface area contributed by atoms with Crippen LogP contribution in [0.4, 0.5) is 0 Å². The maximum Gasteiger partial charge on any atom is 0.310 e. The van der Waals surface area contributed by atoms with Crippen molar-refractivity contribution in [1.82, 2.24) is 4.90 Å². The normalized spacial score (nSPS) is 10.4. The van der Waals surface area contributed by atoms with Crippen LogP contribution in [0.2, 0.25) is 0 Å². The molecule has 28 heavy (non-hydrogen) atoms. The molecular formula is C20H24BrNO5S. The first-order chi connectivity index (χ1) is 13.4. The lowest BCUT2D eigenvalue weighted by atomic mass is 10.1. The van der Waals surface area contributed by atoms with E-state index in [1.807, 2.05) is 30.7 Å². The molecule has 1 amide bonds. The van der Waals surface area contributed by atoms with Crippen molar-refractivity contribution in [3.05, 3.63) is 44.6 Å². The van der Waals surface area contributed by atoms with E-state index in [1.165, 1.54) is 4.90 Å². The summed E-state index contributed by atoms with van der Waals surface area (Å²) < 4.78 is 17.0. The molecule has 0 radical (unpaired) electrons. The Morgan fingerprint density at radius 3 is 2.43 bits per heavy atom. The smallest absolute Gasteiger partial charge is 0.310 e. The lowest BCUT2D eigenvalue weighted by molar-refractivity contribution is -0.151. The molecule has 0 atom stereocenters. The van der Waals surface area contributed by atoms with E-state index >= 15 is 0 Å². The van der Waals surface area contributed by atoms with Gasteiger partial charge in [0.15, 0.2) is 18.1 Å². The fraction of sp³-hybridized carbons (Fsp3) is 0.400. The zero-order chi connectivity index (χ0) is 20.5. The molecule has 1 aromatic heterocycles. The number of esters is 1. The van der Waals surface area contributed by atoms with Crippen LogP contribution in [-0.2, 0) is 27.3 Å². The van der Waals surface area contributed by atoms with E-state index in [4.69, 9.17) is 14.2 Å². The number of rotatable bonds is 10. The van der Waals surface area contributed by atoms with Gasteiger partial charge >= 0.3 is 5.97 Å². The van der Waals surface area contributed by atoms with Gasteiger partial charge in [-0.25, -0.2) is 0 Å². The van der Waals surface area contributed by atoms with Gasteiger partial charge in [-0.3, -0.25) is 9.59 Å². The number of carbonyl (C=O) groups excluding carboxylic acids is 2. The number of benzene rings is 1. The number of likely N-dealkylation sites (N-methyl/N-ethyl adjacent to an activating group) is 1. The molecule has 0 fully saturated rings. The second-order valence-corrected chi connectivity index (χ2v) is 7.61. The summed E-state index contributed by atoms with van der Waals surface area (Å²) in [4.78, 5) is 25.9. The predicted octanol–water partition coefficient (Wildman–Crippen LogP) is 4.05. The van der Waals surface area contributed by atoms with E-state index in [-0.39, 0.29) is 18.9 Å². The van der Waals surface area contributed by atoms with E-state index in [0.717, 1.165) is 10.0 Å². The first kappa shape index (κ1) is 22.2. The standard InChI is InChI=1S/C20H24BrNO5S/c1-4-25-17-8-15(16(21)10-18(17)26-5-2)9-20(24)27-12-19(23)22(3)11-14-6-7-28-13-14/h6-8,10,13H,4-5,9,11-12H2,1-3H3. The van der Waals surface area contributed by atoms with Gasteiger partial charge in [-0.05, 0) is 53.9 Å². The van der Waals surface area contributed by atoms with Gasteiger partial charge in [0.25, 0.3) is 5.91 Å². The van der Waals surface area contributed by atoms with Crippen LogP contribution in [-0.4, -0.2) is 43.6 Å². The Bertz CT molecular complexity index is 794. The van der Waals surface area contributed by atoms with Gasteiger partial charge < -0.3 is 19.1 Å². The van der Waals surface area contributed by atoms with Gasteiger partial charge in [0.1, 0.15) is 0 Å². The SMILES string of the molecule is CCOc1cc(Br)c(CC(=O)OCC(=O)N(C)Cc2ccsc2)cc1OCC. The maximum atomic E-state index is 12.2. The molecule has 0 aliphatic carbocycles. The van der Waals surface area contributed by atoms with E-state index in [2.05, 4.69) is 15.9 Å². The van der Waals surface area contributed by atoms with E-state index in [1.54, 1.807) is 30.5 Å². The fourth-order valence-corrected chi connectivity index (χ4v) is 3.58. The van der Waals surface area contributed by atoms with E-state index in [9.17, 15) is 9.59 Å². The minimum Gasteiger partial charge on any atom is -0.490 e. The van der Waals surface area contributed by atoms with Gasteiger partial charge in [-0.15, -0.1) is 0 Å². The van der Waals surface area contributed by atoms with Crippen LogP contribution < -0.4 is 9.47 Å². The number of thiophene rings is 1. The van der Waals surface area contributed by atoms with Crippen molar-refractivity contribution < 1.29 is 23.8 Å². The molecular weight excluding hydrogens is 446 g/mol. The lowest BCUT2D eigenvalue weighted by Crippen LogP contribution is -2.30. The Labute approximate surface area is 177 Å². The highest BCUT2D eigenvalue weighted by atomic mass is 79.9. The van der Waals surface area contributed by atoms with Crippen molar-refractivity contribution in [2.75, 3.05) is 26.9 Å². The summed E-state index contributed by atoms with van der Waals surface area (Å²) >= 11 is 5.03. The highest BCUT2D eigenvalue weighted by molar-refractivity contribution is 9.10. The number of ether oxygens (including phenoxy) is 3. The van der Waals surface area contributed by atoms with Crippen LogP contribution in [0.25, 0.3) is 0 Å². The van der Waals surface area contributed by atoms with E-state index in [0.29, 0.717) is 36.8 Å². The van der Waals surface area contributed by atoms with E-state index < -0.39 is 5.97 Å². The lowest BCUT2D eigenvalue weighted by Gasteiger charge is -2.17. The molecule has 1 aromatic carbocycles. The van der Waals surface area contributed by atoms with Crippen molar-refractivity contribution in [1.29, 1.82) is 0 Å². The van der Waals surface area contributed by atoms with Gasteiger partial charge in [0.2, 0.25) is 0 Å². The molecule has 0 bridgehead atoms.